The second-order valence-electron chi connectivity index (χ2n) is 5.58. The van der Waals surface area contributed by atoms with Crippen LogP contribution in [0.1, 0.15) is 12.8 Å². The highest BCUT2D eigenvalue weighted by molar-refractivity contribution is 9.10. The fourth-order valence-corrected chi connectivity index (χ4v) is 4.03. The summed E-state index contributed by atoms with van der Waals surface area (Å²) in [5.74, 6) is -0.601. The van der Waals surface area contributed by atoms with E-state index >= 15 is 0 Å². The highest BCUT2D eigenvalue weighted by Crippen LogP contribution is 2.29. The van der Waals surface area contributed by atoms with Crippen molar-refractivity contribution in [2.45, 2.75) is 17.7 Å². The molecule has 0 spiro atoms. The topological polar surface area (TPSA) is 67.4 Å². The van der Waals surface area contributed by atoms with Gasteiger partial charge in [0.15, 0.2) is 0 Å². The van der Waals surface area contributed by atoms with Gasteiger partial charge in [0.05, 0.1) is 16.0 Å². The number of piperidine rings is 1. The van der Waals surface area contributed by atoms with Gasteiger partial charge in [-0.1, -0.05) is 0 Å². The summed E-state index contributed by atoms with van der Waals surface area (Å²) in [4.78, 5) is -0.0744. The predicted molar refractivity (Wildman–Crippen MR) is 85.7 cm³/mol. The molecular formula is C14H20BrFN2O3S. The van der Waals surface area contributed by atoms with E-state index in [1.807, 2.05) is 0 Å². The largest absolute Gasteiger partial charge is 0.384 e. The molecule has 1 saturated heterocycles. The van der Waals surface area contributed by atoms with E-state index in [-0.39, 0.29) is 21.3 Å². The van der Waals surface area contributed by atoms with Gasteiger partial charge in [0.1, 0.15) is 5.82 Å². The zero-order valence-corrected chi connectivity index (χ0v) is 14.8. The number of hydrogen-bond donors (Lipinski definition) is 2. The molecule has 1 aromatic rings. The van der Waals surface area contributed by atoms with Gasteiger partial charge in [0.2, 0.25) is 10.0 Å². The average Bonchev–Trinajstić information content (AvgIpc) is 2.49. The fraction of sp³-hybridized carbons (Fsp3) is 0.571. The maximum atomic E-state index is 13.5. The van der Waals surface area contributed by atoms with Crippen molar-refractivity contribution < 1.29 is 17.5 Å². The van der Waals surface area contributed by atoms with Crippen LogP contribution in [0.15, 0.2) is 27.6 Å². The Morgan fingerprint density at radius 3 is 2.68 bits per heavy atom. The third kappa shape index (κ3) is 4.26. The molecule has 1 aromatic carbocycles. The molecule has 0 radical (unpaired) electrons. The molecule has 0 aliphatic carbocycles. The SMILES string of the molecule is COCC1(CNS(=O)(=O)c2ccc(Br)c(F)c2)CCNCC1. The minimum absolute atomic E-state index is 0.0744. The summed E-state index contributed by atoms with van der Waals surface area (Å²) in [6.07, 6.45) is 1.66. The third-order valence-corrected chi connectivity index (χ3v) is 6.00. The maximum Gasteiger partial charge on any atom is 0.240 e. The standard InChI is InChI=1S/C14H20BrFN2O3S/c1-21-10-14(4-6-17-7-5-14)9-18-22(19,20)11-2-3-12(15)13(16)8-11/h2-3,8,17-18H,4-7,9-10H2,1H3. The van der Waals surface area contributed by atoms with E-state index in [2.05, 4.69) is 26.0 Å². The minimum Gasteiger partial charge on any atom is -0.384 e. The monoisotopic (exact) mass is 394 g/mol. The lowest BCUT2D eigenvalue weighted by atomic mass is 9.80. The van der Waals surface area contributed by atoms with Gasteiger partial charge >= 0.3 is 0 Å². The van der Waals surface area contributed by atoms with E-state index in [0.717, 1.165) is 32.0 Å². The van der Waals surface area contributed by atoms with E-state index in [4.69, 9.17) is 4.74 Å². The molecule has 1 aliphatic heterocycles. The molecule has 0 saturated carbocycles. The van der Waals surface area contributed by atoms with Crippen LogP contribution >= 0.6 is 15.9 Å². The van der Waals surface area contributed by atoms with Gasteiger partial charge in [-0.05, 0) is 60.1 Å². The first-order valence-corrected chi connectivity index (χ1v) is 9.31. The second-order valence-corrected chi connectivity index (χ2v) is 8.20. The number of hydrogen-bond acceptors (Lipinski definition) is 4. The van der Waals surface area contributed by atoms with Crippen molar-refractivity contribution in [3.05, 3.63) is 28.5 Å². The van der Waals surface area contributed by atoms with Crippen molar-refractivity contribution in [2.75, 3.05) is 33.4 Å². The Morgan fingerprint density at radius 2 is 2.09 bits per heavy atom. The third-order valence-electron chi connectivity index (χ3n) is 3.95. The van der Waals surface area contributed by atoms with Crippen LogP contribution in [0.4, 0.5) is 4.39 Å². The molecule has 1 aliphatic rings. The van der Waals surface area contributed by atoms with Gasteiger partial charge in [0, 0.05) is 19.1 Å². The Balaban J connectivity index is 2.12. The minimum atomic E-state index is -3.74. The van der Waals surface area contributed by atoms with Gasteiger partial charge in [-0.15, -0.1) is 0 Å². The predicted octanol–water partition coefficient (Wildman–Crippen LogP) is 1.88. The Labute approximate surface area is 138 Å². The number of sulfonamides is 1. The molecule has 0 amide bonds. The summed E-state index contributed by atoms with van der Waals surface area (Å²) < 4.78 is 46.3. The summed E-state index contributed by atoms with van der Waals surface area (Å²) in [7, 11) is -2.13. The first kappa shape index (κ1) is 17.8. The molecule has 2 rings (SSSR count). The van der Waals surface area contributed by atoms with Crippen molar-refractivity contribution in [2.24, 2.45) is 5.41 Å². The molecular weight excluding hydrogens is 375 g/mol. The molecule has 2 N–H and O–H groups in total. The van der Waals surface area contributed by atoms with Crippen molar-refractivity contribution in [3.63, 3.8) is 0 Å². The lowest BCUT2D eigenvalue weighted by Crippen LogP contribution is -2.47. The second kappa shape index (κ2) is 7.35. The highest BCUT2D eigenvalue weighted by Gasteiger charge is 2.33. The molecule has 0 bridgehead atoms. The van der Waals surface area contributed by atoms with Crippen molar-refractivity contribution in [1.82, 2.24) is 10.0 Å². The summed E-state index contributed by atoms with van der Waals surface area (Å²) in [6, 6.07) is 3.78. The van der Waals surface area contributed by atoms with Crippen LogP contribution in [0.3, 0.4) is 0 Å². The Hall–Kier alpha value is -0.540. The summed E-state index contributed by atoms with van der Waals surface area (Å²) in [5.41, 5.74) is -0.221. The number of ether oxygens (including phenoxy) is 1. The Kier molecular flexibility index (Phi) is 5.95. The first-order valence-electron chi connectivity index (χ1n) is 7.03. The fourth-order valence-electron chi connectivity index (χ4n) is 2.61. The van der Waals surface area contributed by atoms with Crippen LogP contribution in [0.2, 0.25) is 0 Å². The molecule has 0 unspecified atom stereocenters. The lowest BCUT2D eigenvalue weighted by Gasteiger charge is -2.37. The van der Waals surface area contributed by atoms with E-state index in [1.165, 1.54) is 12.1 Å². The summed E-state index contributed by atoms with van der Waals surface area (Å²) in [5, 5.41) is 3.25. The van der Waals surface area contributed by atoms with Gasteiger partial charge in [0.25, 0.3) is 0 Å². The number of methoxy groups -OCH3 is 1. The van der Waals surface area contributed by atoms with Crippen LogP contribution < -0.4 is 10.0 Å². The number of nitrogens with one attached hydrogen (secondary N) is 2. The van der Waals surface area contributed by atoms with Crippen LogP contribution in [0, 0.1) is 11.2 Å². The summed E-state index contributed by atoms with van der Waals surface area (Å²) >= 11 is 3.01. The maximum absolute atomic E-state index is 13.5. The number of rotatable bonds is 6. The summed E-state index contributed by atoms with van der Waals surface area (Å²) in [6.45, 7) is 2.43. The van der Waals surface area contributed by atoms with E-state index in [0.29, 0.717) is 6.61 Å². The van der Waals surface area contributed by atoms with E-state index in [9.17, 15) is 12.8 Å². The Morgan fingerprint density at radius 1 is 1.41 bits per heavy atom. The van der Waals surface area contributed by atoms with E-state index < -0.39 is 15.8 Å². The van der Waals surface area contributed by atoms with Gasteiger partial charge in [-0.25, -0.2) is 17.5 Å². The first-order chi connectivity index (χ1) is 10.4. The molecule has 124 valence electrons. The quantitative estimate of drug-likeness (QED) is 0.772. The smallest absolute Gasteiger partial charge is 0.240 e. The van der Waals surface area contributed by atoms with Crippen LogP contribution in [-0.2, 0) is 14.8 Å². The lowest BCUT2D eigenvalue weighted by molar-refractivity contribution is 0.0577. The van der Waals surface area contributed by atoms with Crippen LogP contribution in [0.5, 0.6) is 0 Å². The Bertz CT molecular complexity index is 613. The van der Waals surface area contributed by atoms with Crippen molar-refractivity contribution in [1.29, 1.82) is 0 Å². The highest BCUT2D eigenvalue weighted by atomic mass is 79.9. The zero-order chi connectivity index (χ0) is 16.2. The molecule has 5 nitrogen and oxygen atoms in total. The van der Waals surface area contributed by atoms with Gasteiger partial charge in [-0.2, -0.15) is 0 Å². The van der Waals surface area contributed by atoms with Gasteiger partial charge in [-0.3, -0.25) is 0 Å². The zero-order valence-electron chi connectivity index (χ0n) is 12.4. The molecule has 0 atom stereocenters. The van der Waals surface area contributed by atoms with E-state index in [1.54, 1.807) is 7.11 Å². The molecule has 1 fully saturated rings. The van der Waals surface area contributed by atoms with Crippen LogP contribution in [-0.4, -0.2) is 41.8 Å². The normalized spacial score (nSPS) is 18.3. The molecule has 0 aromatic heterocycles. The van der Waals surface area contributed by atoms with Gasteiger partial charge < -0.3 is 10.1 Å². The number of benzene rings is 1. The van der Waals surface area contributed by atoms with Crippen molar-refractivity contribution in [3.8, 4) is 0 Å². The average molecular weight is 395 g/mol. The molecule has 8 heteroatoms. The molecule has 1 heterocycles. The number of halogens is 2. The van der Waals surface area contributed by atoms with Crippen molar-refractivity contribution >= 4 is 26.0 Å². The molecule has 22 heavy (non-hydrogen) atoms. The van der Waals surface area contributed by atoms with Crippen LogP contribution in [0.25, 0.3) is 0 Å².